The van der Waals surface area contributed by atoms with Crippen molar-refractivity contribution in [3.8, 4) is 0 Å². The van der Waals surface area contributed by atoms with E-state index in [9.17, 15) is 19.2 Å². The zero-order valence-electron chi connectivity index (χ0n) is 26.3. The van der Waals surface area contributed by atoms with E-state index in [4.69, 9.17) is 15.3 Å². The third kappa shape index (κ3) is 9.38. The smallest absolute Gasteiger partial charge is 0.315 e. The fourth-order valence-corrected chi connectivity index (χ4v) is 6.28. The molecule has 46 heavy (non-hydrogen) atoms. The molecular formula is C34H38N4O6S2. The molecule has 0 spiro atoms. The average Bonchev–Trinajstić information content (AvgIpc) is 3.75. The lowest BCUT2D eigenvalue weighted by molar-refractivity contribution is -0.148. The first-order chi connectivity index (χ1) is 22.0. The number of benzene rings is 2. The number of ether oxygens (including phenoxy) is 2. The molecule has 242 valence electrons. The Morgan fingerprint density at radius 1 is 0.674 bits per heavy atom. The summed E-state index contributed by atoms with van der Waals surface area (Å²) in [6.45, 7) is 8.16. The lowest BCUT2D eigenvalue weighted by Gasteiger charge is -2.17. The summed E-state index contributed by atoms with van der Waals surface area (Å²) >= 11 is 1.98. The van der Waals surface area contributed by atoms with Crippen LogP contribution in [0.5, 0.6) is 0 Å². The minimum absolute atomic E-state index is 0.0468. The monoisotopic (exact) mass is 662 g/mol. The van der Waals surface area contributed by atoms with Crippen molar-refractivity contribution in [1.29, 1.82) is 0 Å². The van der Waals surface area contributed by atoms with Crippen LogP contribution >= 0.6 is 22.7 Å². The van der Waals surface area contributed by atoms with Crippen LogP contribution in [0.3, 0.4) is 0 Å². The number of carbonyl (C=O) groups is 4. The number of hydrogen-bond donors (Lipinski definition) is 1. The second-order valence-corrected chi connectivity index (χ2v) is 13.4. The fraction of sp³-hybridized carbons (Fsp3) is 0.353. The molecular weight excluding hydrogens is 625 g/mol. The van der Waals surface area contributed by atoms with Gasteiger partial charge in [-0.15, -0.1) is 22.7 Å². The lowest BCUT2D eigenvalue weighted by Crippen LogP contribution is -2.42. The zero-order chi connectivity index (χ0) is 33.2. The maximum absolute atomic E-state index is 13.2. The number of rotatable bonds is 14. The molecule has 0 fully saturated rings. The molecule has 2 N–H and O–H groups in total. The van der Waals surface area contributed by atoms with E-state index in [-0.39, 0.29) is 35.1 Å². The molecule has 0 aliphatic rings. The molecule has 2 heterocycles. The van der Waals surface area contributed by atoms with Crippen molar-refractivity contribution in [1.82, 2.24) is 15.0 Å². The summed E-state index contributed by atoms with van der Waals surface area (Å²) in [7, 11) is 0. The van der Waals surface area contributed by atoms with Gasteiger partial charge < -0.3 is 9.47 Å². The van der Waals surface area contributed by atoms with Crippen LogP contribution in [0, 0.1) is 11.8 Å². The number of hydrazine groups is 1. The van der Waals surface area contributed by atoms with Crippen LogP contribution < -0.4 is 5.84 Å². The maximum atomic E-state index is 13.2. The van der Waals surface area contributed by atoms with E-state index in [1.54, 1.807) is 10.8 Å². The Morgan fingerprint density at radius 3 is 1.39 bits per heavy atom. The van der Waals surface area contributed by atoms with E-state index in [1.807, 2.05) is 88.4 Å². The van der Waals surface area contributed by atoms with Crippen LogP contribution in [-0.2, 0) is 32.3 Å². The van der Waals surface area contributed by atoms with Gasteiger partial charge in [0, 0.05) is 10.8 Å². The average molecular weight is 663 g/mol. The summed E-state index contributed by atoms with van der Waals surface area (Å²) < 4.78 is 11.1. The van der Waals surface area contributed by atoms with Crippen molar-refractivity contribution in [3.63, 3.8) is 0 Å². The molecule has 2 aromatic heterocycles. The van der Waals surface area contributed by atoms with E-state index < -0.39 is 35.6 Å². The molecule has 10 nitrogen and oxygen atoms in total. The number of carbonyl (C=O) groups excluding carboxylic acids is 4. The van der Waals surface area contributed by atoms with Crippen LogP contribution in [0.15, 0.2) is 71.4 Å². The molecule has 2 aromatic carbocycles. The van der Waals surface area contributed by atoms with Gasteiger partial charge in [0.25, 0.3) is 0 Å². The Labute approximate surface area is 276 Å². The van der Waals surface area contributed by atoms with Crippen LogP contribution in [0.1, 0.15) is 94.5 Å². The molecule has 0 bridgehead atoms. The predicted molar refractivity (Wildman–Crippen MR) is 176 cm³/mol. The first-order valence-electron chi connectivity index (χ1n) is 15.0. The molecule has 2 amide bonds. The normalized spacial score (nSPS) is 12.5. The van der Waals surface area contributed by atoms with Gasteiger partial charge in [-0.1, -0.05) is 88.4 Å². The molecule has 12 heteroatoms. The zero-order valence-corrected chi connectivity index (χ0v) is 27.9. The Bertz CT molecular complexity index is 1500. The molecule has 4 rings (SSSR count). The van der Waals surface area contributed by atoms with E-state index >= 15 is 0 Å². The minimum atomic E-state index is -0.833. The summed E-state index contributed by atoms with van der Waals surface area (Å²) in [5, 5.41) is 3.59. The highest BCUT2D eigenvalue weighted by atomic mass is 32.1. The summed E-state index contributed by atoms with van der Waals surface area (Å²) in [5.74, 6) is 2.34. The Balaban J connectivity index is 1.44. The van der Waals surface area contributed by atoms with Crippen molar-refractivity contribution in [2.75, 3.05) is 0 Å². The second kappa shape index (κ2) is 16.3. The number of nitrogens with zero attached hydrogens (tertiary/aromatic N) is 3. The summed E-state index contributed by atoms with van der Waals surface area (Å²) in [5.41, 5.74) is 2.47. The molecule has 0 saturated carbocycles. The van der Waals surface area contributed by atoms with Crippen LogP contribution in [0.2, 0.25) is 0 Å². The van der Waals surface area contributed by atoms with Gasteiger partial charge in [0.1, 0.15) is 25.0 Å². The highest BCUT2D eigenvalue weighted by Gasteiger charge is 2.32. The number of amides is 2. The molecule has 2 unspecified atom stereocenters. The second-order valence-electron chi connectivity index (χ2n) is 11.7. The topological polar surface area (TPSA) is 142 Å². The number of esters is 2. The van der Waals surface area contributed by atoms with E-state index in [0.29, 0.717) is 29.2 Å². The molecule has 0 aliphatic heterocycles. The third-order valence-electron chi connectivity index (χ3n) is 6.99. The Kier molecular flexibility index (Phi) is 12.3. The van der Waals surface area contributed by atoms with Crippen molar-refractivity contribution in [3.05, 3.63) is 104 Å². The lowest BCUT2D eigenvalue weighted by atomic mass is 9.95. The summed E-state index contributed by atoms with van der Waals surface area (Å²) in [4.78, 5) is 61.4. The van der Waals surface area contributed by atoms with Crippen LogP contribution in [-0.4, -0.2) is 38.7 Å². The van der Waals surface area contributed by atoms with Crippen molar-refractivity contribution in [2.24, 2.45) is 17.7 Å². The predicted octanol–water partition coefficient (Wildman–Crippen LogP) is 6.50. The van der Waals surface area contributed by atoms with Gasteiger partial charge in [0.15, 0.2) is 10.0 Å². The number of imide groups is 1. The first kappa shape index (κ1) is 34.6. The molecule has 0 aliphatic carbocycles. The van der Waals surface area contributed by atoms with Gasteiger partial charge in [-0.05, 0) is 35.8 Å². The van der Waals surface area contributed by atoms with Gasteiger partial charge >= 0.3 is 23.8 Å². The first-order valence-corrected chi connectivity index (χ1v) is 16.7. The number of aromatic nitrogens is 2. The summed E-state index contributed by atoms with van der Waals surface area (Å²) in [6, 6.07) is 18.7. The van der Waals surface area contributed by atoms with Gasteiger partial charge in [-0.2, -0.15) is 0 Å². The maximum Gasteiger partial charge on any atom is 0.315 e. The van der Waals surface area contributed by atoms with Crippen molar-refractivity contribution in [2.45, 2.75) is 65.6 Å². The highest BCUT2D eigenvalue weighted by Crippen LogP contribution is 2.29. The van der Waals surface area contributed by atoms with Gasteiger partial charge in [-0.3, -0.25) is 19.2 Å². The van der Waals surface area contributed by atoms with Gasteiger partial charge in [0.2, 0.25) is 0 Å². The Morgan fingerprint density at radius 2 is 1.04 bits per heavy atom. The van der Waals surface area contributed by atoms with E-state index in [0.717, 1.165) is 33.8 Å². The van der Waals surface area contributed by atoms with Gasteiger partial charge in [0.05, 0.1) is 11.4 Å². The largest absolute Gasteiger partial charge is 0.460 e. The van der Waals surface area contributed by atoms with E-state index in [2.05, 4.69) is 9.97 Å². The van der Waals surface area contributed by atoms with Crippen molar-refractivity contribution >= 4 is 46.4 Å². The summed E-state index contributed by atoms with van der Waals surface area (Å²) in [6.07, 6.45) is 0.924. The number of nitrogens with two attached hydrogens (primary N) is 1. The van der Waals surface area contributed by atoms with E-state index in [1.165, 1.54) is 0 Å². The molecule has 4 aromatic rings. The van der Waals surface area contributed by atoms with Crippen LogP contribution in [0.25, 0.3) is 0 Å². The Hall–Kier alpha value is -4.26. The van der Waals surface area contributed by atoms with Gasteiger partial charge in [-0.25, -0.2) is 20.8 Å². The SMILES string of the molecule is CC(C)CC(C(=O)OCc1ccccc1)c1csc(C(=O)N(N)C(=O)c2nc(C(CC(C)C)C(=O)OCc3ccccc3)cs2)n1. The number of hydrogen-bond acceptors (Lipinski definition) is 11. The van der Waals surface area contributed by atoms with Crippen LogP contribution in [0.4, 0.5) is 0 Å². The number of thiazole rings is 2. The quantitative estimate of drug-likeness (QED) is 0.0526. The third-order valence-corrected chi connectivity index (χ3v) is 8.69. The molecule has 2 atom stereocenters. The standard InChI is InChI=1S/C34H38N4O6S2/c1-21(2)15-25(33(41)43-17-23-11-7-5-8-12-23)27-19-45-29(36-27)31(39)38(35)32(40)30-37-28(20-46-30)26(16-22(3)4)34(42)44-18-24-13-9-6-10-14-24/h5-14,19-22,25-26H,15-18,35H2,1-4H3. The fourth-order valence-electron chi connectivity index (χ4n) is 4.66. The molecule has 0 radical (unpaired) electrons. The minimum Gasteiger partial charge on any atom is -0.460 e. The van der Waals surface area contributed by atoms with Crippen molar-refractivity contribution < 1.29 is 28.7 Å². The highest BCUT2D eigenvalue weighted by molar-refractivity contribution is 7.12. The molecule has 0 saturated heterocycles.